The van der Waals surface area contributed by atoms with Crippen molar-refractivity contribution in [2.24, 2.45) is 0 Å². The monoisotopic (exact) mass is 365 g/mol. The first kappa shape index (κ1) is 18.6. The number of aryl methyl sites for hydroxylation is 1. The average molecular weight is 366 g/mol. The molecule has 2 rings (SSSR count). The maximum Gasteiger partial charge on any atom is 0.319 e. The van der Waals surface area contributed by atoms with Crippen molar-refractivity contribution in [1.29, 1.82) is 0 Å². The van der Waals surface area contributed by atoms with Gasteiger partial charge in [0, 0.05) is 31.9 Å². The normalized spacial score (nSPS) is 10.2. The number of rotatable bonds is 7. The number of carbonyl (C=O) groups is 2. The van der Waals surface area contributed by atoms with Crippen LogP contribution in [0.25, 0.3) is 0 Å². The number of anilines is 2. The maximum atomic E-state index is 12.0. The van der Waals surface area contributed by atoms with Gasteiger partial charge in [-0.2, -0.15) is 5.10 Å². The van der Waals surface area contributed by atoms with E-state index in [9.17, 15) is 9.59 Å². The summed E-state index contributed by atoms with van der Waals surface area (Å²) in [6.07, 6.45) is 3.99. The molecule has 8 nitrogen and oxygen atoms in total. The summed E-state index contributed by atoms with van der Waals surface area (Å²) >= 11 is 5.79. The lowest BCUT2D eigenvalue weighted by Crippen LogP contribution is -2.30. The van der Waals surface area contributed by atoms with Crippen molar-refractivity contribution in [1.82, 2.24) is 15.1 Å². The zero-order valence-electron chi connectivity index (χ0n) is 14.0. The van der Waals surface area contributed by atoms with Gasteiger partial charge in [-0.3, -0.25) is 9.48 Å². The fraction of sp³-hybridized carbons (Fsp3) is 0.312. The third kappa shape index (κ3) is 6.00. The molecule has 0 bridgehead atoms. The average Bonchev–Trinajstić information content (AvgIpc) is 2.97. The predicted molar refractivity (Wildman–Crippen MR) is 96.2 cm³/mol. The van der Waals surface area contributed by atoms with Gasteiger partial charge in [0.2, 0.25) is 5.91 Å². The van der Waals surface area contributed by atoms with Gasteiger partial charge < -0.3 is 20.7 Å². The number of carbonyl (C=O) groups excluding carboxylic acids is 2. The van der Waals surface area contributed by atoms with E-state index in [1.165, 1.54) is 14.0 Å². The molecular weight excluding hydrogens is 346 g/mol. The molecule has 0 saturated heterocycles. The van der Waals surface area contributed by atoms with Gasteiger partial charge in [0.15, 0.2) is 0 Å². The number of benzene rings is 1. The van der Waals surface area contributed by atoms with E-state index in [0.717, 1.165) is 0 Å². The van der Waals surface area contributed by atoms with E-state index < -0.39 is 0 Å². The van der Waals surface area contributed by atoms with E-state index in [1.807, 2.05) is 0 Å². The molecule has 0 atom stereocenters. The smallest absolute Gasteiger partial charge is 0.319 e. The quantitative estimate of drug-likeness (QED) is 0.657. The first-order valence-corrected chi connectivity index (χ1v) is 8.04. The Kier molecular flexibility index (Phi) is 6.64. The van der Waals surface area contributed by atoms with Gasteiger partial charge in [-0.25, -0.2) is 4.79 Å². The second kappa shape index (κ2) is 8.93. The highest BCUT2D eigenvalue weighted by molar-refractivity contribution is 6.30. The summed E-state index contributed by atoms with van der Waals surface area (Å²) in [6, 6.07) is 4.63. The minimum atomic E-state index is -0.364. The van der Waals surface area contributed by atoms with Crippen LogP contribution in [0.1, 0.15) is 13.3 Å². The maximum absolute atomic E-state index is 12.0. The molecule has 1 aromatic carbocycles. The standard InChI is InChI=1S/C16H20ClN5O3/c1-11(23)20-13-4-5-15(25-2)14(8-13)21-16(24)18-6-3-7-22-10-12(17)9-19-22/h4-5,8-10H,3,6-7H2,1-2H3,(H,20,23)(H2,18,21,24). The Hall–Kier alpha value is -2.74. The Morgan fingerprint density at radius 1 is 1.32 bits per heavy atom. The van der Waals surface area contributed by atoms with Gasteiger partial charge in [0.1, 0.15) is 5.75 Å². The summed E-state index contributed by atoms with van der Waals surface area (Å²) in [5.41, 5.74) is 1.03. The molecule has 0 radical (unpaired) electrons. The Morgan fingerprint density at radius 2 is 2.12 bits per heavy atom. The Bertz CT molecular complexity index is 747. The van der Waals surface area contributed by atoms with Crippen LogP contribution < -0.4 is 20.7 Å². The molecule has 0 aliphatic heterocycles. The number of hydrogen-bond donors (Lipinski definition) is 3. The number of urea groups is 1. The molecule has 134 valence electrons. The molecule has 0 aliphatic rings. The fourth-order valence-corrected chi connectivity index (χ4v) is 2.31. The largest absolute Gasteiger partial charge is 0.495 e. The van der Waals surface area contributed by atoms with Crippen LogP contribution in [0, 0.1) is 0 Å². The van der Waals surface area contributed by atoms with E-state index in [4.69, 9.17) is 16.3 Å². The molecule has 1 heterocycles. The van der Waals surface area contributed by atoms with Gasteiger partial charge in [-0.15, -0.1) is 0 Å². The second-order valence-electron chi connectivity index (χ2n) is 5.25. The van der Waals surface area contributed by atoms with Crippen LogP contribution in [0.15, 0.2) is 30.6 Å². The lowest BCUT2D eigenvalue weighted by Gasteiger charge is -2.13. The molecule has 0 fully saturated rings. The minimum Gasteiger partial charge on any atom is -0.495 e. The fourth-order valence-electron chi connectivity index (χ4n) is 2.16. The second-order valence-corrected chi connectivity index (χ2v) is 5.69. The molecule has 0 saturated carbocycles. The number of nitrogens with zero attached hydrogens (tertiary/aromatic N) is 2. The summed E-state index contributed by atoms with van der Waals surface area (Å²) in [6.45, 7) is 2.53. The van der Waals surface area contributed by atoms with Crippen LogP contribution in [0.2, 0.25) is 5.02 Å². The first-order chi connectivity index (χ1) is 12.0. The van der Waals surface area contributed by atoms with Crippen molar-refractivity contribution in [3.8, 4) is 5.75 Å². The van der Waals surface area contributed by atoms with Crippen molar-refractivity contribution >= 4 is 34.9 Å². The molecule has 9 heteroatoms. The van der Waals surface area contributed by atoms with Gasteiger partial charge in [-0.05, 0) is 24.6 Å². The van der Waals surface area contributed by atoms with Crippen molar-refractivity contribution in [3.63, 3.8) is 0 Å². The number of hydrogen-bond acceptors (Lipinski definition) is 4. The molecule has 0 spiro atoms. The zero-order valence-corrected chi connectivity index (χ0v) is 14.8. The van der Waals surface area contributed by atoms with Crippen LogP contribution in [0.3, 0.4) is 0 Å². The van der Waals surface area contributed by atoms with Crippen molar-refractivity contribution in [2.45, 2.75) is 19.9 Å². The molecule has 0 aliphatic carbocycles. The number of halogens is 1. The molecule has 25 heavy (non-hydrogen) atoms. The van der Waals surface area contributed by atoms with Gasteiger partial charge in [0.05, 0.1) is 24.0 Å². The predicted octanol–water partition coefficient (Wildman–Crippen LogP) is 2.72. The number of ether oxygens (including phenoxy) is 1. The zero-order chi connectivity index (χ0) is 18.2. The Balaban J connectivity index is 1.85. The molecule has 3 N–H and O–H groups in total. The van der Waals surface area contributed by atoms with Crippen LogP contribution in [0.4, 0.5) is 16.2 Å². The Morgan fingerprint density at radius 3 is 2.76 bits per heavy atom. The van der Waals surface area contributed by atoms with Crippen LogP contribution >= 0.6 is 11.6 Å². The summed E-state index contributed by atoms with van der Waals surface area (Å²) in [7, 11) is 1.51. The lowest BCUT2D eigenvalue weighted by molar-refractivity contribution is -0.114. The topological polar surface area (TPSA) is 97.3 Å². The van der Waals surface area contributed by atoms with Crippen molar-refractivity contribution in [2.75, 3.05) is 24.3 Å². The molecule has 0 unspecified atom stereocenters. The highest BCUT2D eigenvalue weighted by Gasteiger charge is 2.09. The summed E-state index contributed by atoms with van der Waals surface area (Å²) in [5, 5.41) is 12.8. The molecule has 1 aromatic heterocycles. The first-order valence-electron chi connectivity index (χ1n) is 7.66. The number of aromatic nitrogens is 2. The van der Waals surface area contributed by atoms with Crippen LogP contribution in [-0.2, 0) is 11.3 Å². The Labute approximate surface area is 150 Å². The van der Waals surface area contributed by atoms with Gasteiger partial charge in [-0.1, -0.05) is 11.6 Å². The molecule has 2 aromatic rings. The van der Waals surface area contributed by atoms with Gasteiger partial charge >= 0.3 is 6.03 Å². The van der Waals surface area contributed by atoms with E-state index in [2.05, 4.69) is 21.0 Å². The summed E-state index contributed by atoms with van der Waals surface area (Å²) in [4.78, 5) is 23.2. The van der Waals surface area contributed by atoms with Crippen LogP contribution in [0.5, 0.6) is 5.75 Å². The number of amides is 3. The highest BCUT2D eigenvalue weighted by Crippen LogP contribution is 2.27. The SMILES string of the molecule is COc1ccc(NC(C)=O)cc1NC(=O)NCCCn1cc(Cl)cn1. The van der Waals surface area contributed by atoms with E-state index in [1.54, 1.807) is 35.3 Å². The number of methoxy groups -OCH3 is 1. The third-order valence-corrected chi connectivity index (χ3v) is 3.41. The van der Waals surface area contributed by atoms with Crippen molar-refractivity contribution in [3.05, 3.63) is 35.6 Å². The van der Waals surface area contributed by atoms with E-state index >= 15 is 0 Å². The molecule has 3 amide bonds. The van der Waals surface area contributed by atoms with Crippen LogP contribution in [-0.4, -0.2) is 35.4 Å². The van der Waals surface area contributed by atoms with E-state index in [-0.39, 0.29) is 11.9 Å². The highest BCUT2D eigenvalue weighted by atomic mass is 35.5. The van der Waals surface area contributed by atoms with Crippen molar-refractivity contribution < 1.29 is 14.3 Å². The third-order valence-electron chi connectivity index (χ3n) is 3.22. The number of nitrogens with one attached hydrogen (secondary N) is 3. The van der Waals surface area contributed by atoms with E-state index in [0.29, 0.717) is 41.7 Å². The minimum absolute atomic E-state index is 0.195. The van der Waals surface area contributed by atoms with Gasteiger partial charge in [0.25, 0.3) is 0 Å². The molecular formula is C16H20ClN5O3. The summed E-state index contributed by atoms with van der Waals surface area (Å²) in [5.74, 6) is 0.301. The summed E-state index contributed by atoms with van der Waals surface area (Å²) < 4.78 is 6.92. The lowest BCUT2D eigenvalue weighted by atomic mass is 10.2.